The third kappa shape index (κ3) is 7.00. The summed E-state index contributed by atoms with van der Waals surface area (Å²) in [6, 6.07) is 15.8. The molecule has 3 aromatic rings. The molecule has 0 bridgehead atoms. The van der Waals surface area contributed by atoms with E-state index in [0.29, 0.717) is 18.8 Å². The smallest absolute Gasteiger partial charge is 0.225 e. The highest BCUT2D eigenvalue weighted by atomic mass is 19.1. The number of halogens is 1. The highest BCUT2D eigenvalue weighted by Crippen LogP contribution is 2.26. The van der Waals surface area contributed by atoms with Crippen LogP contribution in [0.1, 0.15) is 56.9 Å². The maximum absolute atomic E-state index is 13.0. The van der Waals surface area contributed by atoms with Gasteiger partial charge >= 0.3 is 0 Å². The van der Waals surface area contributed by atoms with E-state index in [1.807, 2.05) is 37.3 Å². The number of amides is 2. The van der Waals surface area contributed by atoms with Crippen LogP contribution in [0.4, 0.5) is 10.2 Å². The maximum atomic E-state index is 13.0. The molecule has 2 aromatic carbocycles. The Labute approximate surface area is 194 Å². The maximum Gasteiger partial charge on any atom is 0.225 e. The van der Waals surface area contributed by atoms with Crippen LogP contribution in [0.2, 0.25) is 0 Å². The number of anilines is 1. The van der Waals surface area contributed by atoms with Crippen molar-refractivity contribution < 1.29 is 14.0 Å². The lowest BCUT2D eigenvalue weighted by atomic mass is 9.92. The Morgan fingerprint density at radius 1 is 0.970 bits per heavy atom. The van der Waals surface area contributed by atoms with Crippen molar-refractivity contribution in [2.24, 2.45) is 0 Å². The van der Waals surface area contributed by atoms with Gasteiger partial charge in [0.2, 0.25) is 11.8 Å². The lowest BCUT2D eigenvalue weighted by Gasteiger charge is -2.14. The molecule has 0 aliphatic heterocycles. The summed E-state index contributed by atoms with van der Waals surface area (Å²) in [6.07, 6.45) is 0.874. The monoisotopic (exact) mass is 450 g/mol. The molecule has 6 nitrogen and oxygen atoms in total. The lowest BCUT2D eigenvalue weighted by Crippen LogP contribution is -2.23. The van der Waals surface area contributed by atoms with E-state index in [9.17, 15) is 14.0 Å². The van der Waals surface area contributed by atoms with Crippen molar-refractivity contribution >= 4 is 17.6 Å². The molecule has 33 heavy (non-hydrogen) atoms. The molecule has 174 valence electrons. The second kappa shape index (κ2) is 10.4. The van der Waals surface area contributed by atoms with E-state index in [4.69, 9.17) is 5.10 Å². The predicted molar refractivity (Wildman–Crippen MR) is 128 cm³/mol. The first kappa shape index (κ1) is 24.2. The van der Waals surface area contributed by atoms with Gasteiger partial charge in [-0.2, -0.15) is 5.10 Å². The molecule has 0 saturated carbocycles. The number of nitrogens with zero attached hydrogens (tertiary/aromatic N) is 2. The normalized spacial score (nSPS) is 11.3. The van der Waals surface area contributed by atoms with E-state index in [-0.39, 0.29) is 35.9 Å². The molecule has 1 aromatic heterocycles. The molecule has 0 spiro atoms. The zero-order valence-electron chi connectivity index (χ0n) is 19.6. The van der Waals surface area contributed by atoms with Gasteiger partial charge in [-0.15, -0.1) is 0 Å². The number of rotatable bonds is 8. The molecular weight excluding hydrogens is 419 g/mol. The minimum atomic E-state index is -0.311. The SMILES string of the molecule is Cc1ccc(-n2nc(C(C)(C)C)cc2NC(=O)CCCC(=O)NCc2ccc(F)cc2)cc1. The van der Waals surface area contributed by atoms with Crippen molar-refractivity contribution in [2.75, 3.05) is 5.32 Å². The van der Waals surface area contributed by atoms with Gasteiger partial charge in [-0.05, 0) is 43.2 Å². The zero-order chi connectivity index (χ0) is 24.0. The van der Waals surface area contributed by atoms with E-state index < -0.39 is 0 Å². The van der Waals surface area contributed by atoms with Crippen molar-refractivity contribution in [2.45, 2.75) is 58.9 Å². The first-order valence-electron chi connectivity index (χ1n) is 11.1. The number of hydrogen-bond donors (Lipinski definition) is 2. The van der Waals surface area contributed by atoms with Crippen LogP contribution < -0.4 is 10.6 Å². The average Bonchev–Trinajstić information content (AvgIpc) is 3.18. The first-order valence-corrected chi connectivity index (χ1v) is 11.1. The third-order valence-corrected chi connectivity index (χ3v) is 5.23. The van der Waals surface area contributed by atoms with Crippen molar-refractivity contribution in [3.05, 3.63) is 77.2 Å². The van der Waals surface area contributed by atoms with Crippen LogP contribution in [-0.4, -0.2) is 21.6 Å². The van der Waals surface area contributed by atoms with Gasteiger partial charge in [0.25, 0.3) is 0 Å². The van der Waals surface area contributed by atoms with Gasteiger partial charge in [-0.3, -0.25) is 9.59 Å². The highest BCUT2D eigenvalue weighted by Gasteiger charge is 2.21. The van der Waals surface area contributed by atoms with Crippen LogP contribution in [0, 0.1) is 12.7 Å². The highest BCUT2D eigenvalue weighted by molar-refractivity contribution is 5.90. The Hall–Kier alpha value is -3.48. The standard InChI is InChI=1S/C26H31FN4O2/c1-18-8-14-21(15-9-18)31-23(16-22(30-31)26(2,3)4)29-25(33)7-5-6-24(32)28-17-19-10-12-20(27)13-11-19/h8-16H,5-7,17H2,1-4H3,(H,28,32)(H,29,33). The average molecular weight is 451 g/mol. The molecule has 0 saturated heterocycles. The number of carbonyl (C=O) groups excluding carboxylic acids is 2. The van der Waals surface area contributed by atoms with Crippen molar-refractivity contribution in [3.63, 3.8) is 0 Å². The molecule has 2 amide bonds. The molecule has 1 heterocycles. The summed E-state index contributed by atoms with van der Waals surface area (Å²) in [4.78, 5) is 24.7. The van der Waals surface area contributed by atoms with Gasteiger partial charge in [0.1, 0.15) is 11.6 Å². The summed E-state index contributed by atoms with van der Waals surface area (Å²) in [6.45, 7) is 8.57. The summed E-state index contributed by atoms with van der Waals surface area (Å²) in [5, 5.41) is 10.5. The summed E-state index contributed by atoms with van der Waals surface area (Å²) >= 11 is 0. The Kier molecular flexibility index (Phi) is 7.63. The van der Waals surface area contributed by atoms with E-state index in [0.717, 1.165) is 22.5 Å². The summed E-state index contributed by atoms with van der Waals surface area (Å²) < 4.78 is 14.7. The Balaban J connectivity index is 1.56. The fourth-order valence-corrected chi connectivity index (χ4v) is 3.23. The van der Waals surface area contributed by atoms with Gasteiger partial charge < -0.3 is 10.6 Å². The van der Waals surface area contributed by atoms with E-state index in [1.165, 1.54) is 12.1 Å². The van der Waals surface area contributed by atoms with Gasteiger partial charge in [0.05, 0.1) is 11.4 Å². The van der Waals surface area contributed by atoms with Crippen molar-refractivity contribution in [1.29, 1.82) is 0 Å². The van der Waals surface area contributed by atoms with Crippen molar-refractivity contribution in [1.82, 2.24) is 15.1 Å². The molecule has 3 rings (SSSR count). The largest absolute Gasteiger partial charge is 0.352 e. The first-order chi connectivity index (χ1) is 15.6. The van der Waals surface area contributed by atoms with Gasteiger partial charge in [-0.25, -0.2) is 9.07 Å². The van der Waals surface area contributed by atoms with Crippen LogP contribution in [0.15, 0.2) is 54.6 Å². The predicted octanol–water partition coefficient (Wildman–Crippen LogP) is 5.04. The Morgan fingerprint density at radius 3 is 2.24 bits per heavy atom. The number of carbonyl (C=O) groups is 2. The summed E-state index contributed by atoms with van der Waals surface area (Å²) in [5.41, 5.74) is 3.54. The molecule has 0 aliphatic carbocycles. The number of nitrogens with one attached hydrogen (secondary N) is 2. The van der Waals surface area contributed by atoms with Crippen LogP contribution in [0.5, 0.6) is 0 Å². The molecule has 7 heteroatoms. The lowest BCUT2D eigenvalue weighted by molar-refractivity contribution is -0.121. The van der Waals surface area contributed by atoms with Gasteiger partial charge in [-0.1, -0.05) is 50.6 Å². The third-order valence-electron chi connectivity index (χ3n) is 5.23. The molecule has 0 fully saturated rings. The minimum Gasteiger partial charge on any atom is -0.352 e. The summed E-state index contributed by atoms with van der Waals surface area (Å²) in [7, 11) is 0. The number of aromatic nitrogens is 2. The molecule has 0 unspecified atom stereocenters. The molecule has 2 N–H and O–H groups in total. The van der Waals surface area contributed by atoms with Crippen LogP contribution in [0.3, 0.4) is 0 Å². The topological polar surface area (TPSA) is 76.0 Å². The van der Waals surface area contributed by atoms with Crippen LogP contribution in [-0.2, 0) is 21.5 Å². The number of benzene rings is 2. The van der Waals surface area contributed by atoms with Crippen LogP contribution >= 0.6 is 0 Å². The van der Waals surface area contributed by atoms with Crippen LogP contribution in [0.25, 0.3) is 5.69 Å². The molecule has 0 aliphatic rings. The van der Waals surface area contributed by atoms with E-state index >= 15 is 0 Å². The number of aryl methyl sites for hydroxylation is 1. The summed E-state index contributed by atoms with van der Waals surface area (Å²) in [5.74, 6) is -0.0223. The minimum absolute atomic E-state index is 0.146. The van der Waals surface area contributed by atoms with Gasteiger partial charge in [0, 0.05) is 30.9 Å². The van der Waals surface area contributed by atoms with Gasteiger partial charge in [0.15, 0.2) is 0 Å². The molecular formula is C26H31FN4O2. The second-order valence-electron chi connectivity index (χ2n) is 9.22. The quantitative estimate of drug-likeness (QED) is 0.505. The fraction of sp³-hybridized carbons (Fsp3) is 0.346. The Morgan fingerprint density at radius 2 is 1.61 bits per heavy atom. The fourth-order valence-electron chi connectivity index (χ4n) is 3.23. The van der Waals surface area contributed by atoms with E-state index in [1.54, 1.807) is 16.8 Å². The molecule has 0 atom stereocenters. The van der Waals surface area contributed by atoms with E-state index in [2.05, 4.69) is 31.4 Å². The Bertz CT molecular complexity index is 1100. The number of hydrogen-bond acceptors (Lipinski definition) is 3. The second-order valence-corrected chi connectivity index (χ2v) is 9.22. The zero-order valence-corrected chi connectivity index (χ0v) is 19.6. The van der Waals surface area contributed by atoms with Crippen molar-refractivity contribution in [3.8, 4) is 5.69 Å². The molecule has 0 radical (unpaired) electrons.